The Hall–Kier alpha value is -3.19. The van der Waals surface area contributed by atoms with Crippen molar-refractivity contribution in [2.45, 2.75) is 6.92 Å². The molecule has 26 heavy (non-hydrogen) atoms. The van der Waals surface area contributed by atoms with Gasteiger partial charge in [0.1, 0.15) is 10.8 Å². The van der Waals surface area contributed by atoms with E-state index < -0.39 is 4.92 Å². The number of methoxy groups -OCH3 is 1. The maximum atomic E-state index is 11.0. The molecule has 0 N–H and O–H groups in total. The molecule has 0 radical (unpaired) electrons. The first kappa shape index (κ1) is 17.6. The molecule has 0 saturated heterocycles. The van der Waals surface area contributed by atoms with Crippen LogP contribution in [0.15, 0.2) is 47.0 Å². The minimum Gasteiger partial charge on any atom is -0.497 e. The van der Waals surface area contributed by atoms with Crippen LogP contribution in [-0.4, -0.2) is 22.2 Å². The van der Waals surface area contributed by atoms with Gasteiger partial charge in [-0.2, -0.15) is 4.98 Å². The molecule has 0 bridgehead atoms. The van der Waals surface area contributed by atoms with Crippen LogP contribution in [0.5, 0.6) is 5.75 Å². The van der Waals surface area contributed by atoms with Gasteiger partial charge in [-0.3, -0.25) is 10.1 Å². The lowest BCUT2D eigenvalue weighted by molar-refractivity contribution is -0.385. The van der Waals surface area contributed by atoms with Crippen molar-refractivity contribution in [3.05, 3.63) is 69.6 Å². The minimum absolute atomic E-state index is 0.0193. The van der Waals surface area contributed by atoms with E-state index in [4.69, 9.17) is 20.9 Å². The van der Waals surface area contributed by atoms with Gasteiger partial charge >= 0.3 is 0 Å². The Labute approximate surface area is 154 Å². The lowest BCUT2D eigenvalue weighted by Crippen LogP contribution is -1.92. The number of halogens is 1. The number of aromatic nitrogens is 2. The number of benzene rings is 2. The molecular weight excluding hydrogens is 358 g/mol. The number of nitrogens with zero attached hydrogens (tertiary/aromatic N) is 3. The Kier molecular flexibility index (Phi) is 4.99. The molecule has 0 unspecified atom stereocenters. The van der Waals surface area contributed by atoms with E-state index in [0.717, 1.165) is 5.56 Å². The predicted octanol–water partition coefficient (Wildman–Crippen LogP) is 4.70. The van der Waals surface area contributed by atoms with Gasteiger partial charge in [0.25, 0.3) is 11.6 Å². The van der Waals surface area contributed by atoms with E-state index >= 15 is 0 Å². The molecular formula is C18H14ClN3O4. The molecule has 0 amide bonds. The summed E-state index contributed by atoms with van der Waals surface area (Å²) in [6, 6.07) is 12.0. The molecule has 0 spiro atoms. The van der Waals surface area contributed by atoms with Crippen LogP contribution in [0.3, 0.4) is 0 Å². The third-order valence-electron chi connectivity index (χ3n) is 3.68. The maximum Gasteiger partial charge on any atom is 0.272 e. The largest absolute Gasteiger partial charge is 0.497 e. The second kappa shape index (κ2) is 7.37. The van der Waals surface area contributed by atoms with Crippen molar-refractivity contribution in [1.29, 1.82) is 0 Å². The number of nitro benzene ring substituents is 1. The summed E-state index contributed by atoms with van der Waals surface area (Å²) in [5, 5.41) is 15.1. The molecule has 132 valence electrons. The predicted molar refractivity (Wildman–Crippen MR) is 97.8 cm³/mol. The van der Waals surface area contributed by atoms with E-state index in [-0.39, 0.29) is 16.6 Å². The van der Waals surface area contributed by atoms with E-state index in [1.807, 2.05) is 18.2 Å². The fraction of sp³-hybridized carbons (Fsp3) is 0.111. The van der Waals surface area contributed by atoms with Gasteiger partial charge < -0.3 is 9.26 Å². The molecule has 0 fully saturated rings. The fourth-order valence-corrected chi connectivity index (χ4v) is 2.52. The number of rotatable bonds is 5. The molecule has 3 rings (SSSR count). The number of hydrogen-bond donors (Lipinski definition) is 0. The summed E-state index contributed by atoms with van der Waals surface area (Å²) in [5.74, 6) is 1.15. The number of ether oxygens (including phenoxy) is 1. The van der Waals surface area contributed by atoms with Gasteiger partial charge in [-0.05, 0) is 30.7 Å². The summed E-state index contributed by atoms with van der Waals surface area (Å²) in [7, 11) is 1.57. The van der Waals surface area contributed by atoms with Crippen LogP contribution in [-0.2, 0) is 0 Å². The summed E-state index contributed by atoms with van der Waals surface area (Å²) in [5.41, 5.74) is 1.87. The van der Waals surface area contributed by atoms with Crippen LogP contribution in [0, 0.1) is 17.0 Å². The van der Waals surface area contributed by atoms with E-state index in [1.165, 1.54) is 12.1 Å². The van der Waals surface area contributed by atoms with Crippen molar-refractivity contribution in [2.75, 3.05) is 7.11 Å². The molecule has 0 aliphatic rings. The molecule has 0 aliphatic carbocycles. The highest BCUT2D eigenvalue weighted by Gasteiger charge is 2.14. The van der Waals surface area contributed by atoms with Gasteiger partial charge in [-0.15, -0.1) is 0 Å². The Morgan fingerprint density at radius 3 is 2.85 bits per heavy atom. The summed E-state index contributed by atoms with van der Waals surface area (Å²) in [6.07, 6.45) is 1.54. The Balaban J connectivity index is 1.90. The second-order valence-corrected chi connectivity index (χ2v) is 5.86. The van der Waals surface area contributed by atoms with Gasteiger partial charge in [0.2, 0.25) is 5.82 Å². The zero-order chi connectivity index (χ0) is 18.7. The molecule has 1 aromatic heterocycles. The van der Waals surface area contributed by atoms with Crippen LogP contribution in [0.25, 0.3) is 22.5 Å². The van der Waals surface area contributed by atoms with Gasteiger partial charge in [0, 0.05) is 17.2 Å². The van der Waals surface area contributed by atoms with Crippen LogP contribution in [0.4, 0.5) is 5.69 Å². The highest BCUT2D eigenvalue weighted by atomic mass is 35.5. The molecule has 7 nitrogen and oxygen atoms in total. The van der Waals surface area contributed by atoms with Crippen molar-refractivity contribution in [1.82, 2.24) is 10.1 Å². The van der Waals surface area contributed by atoms with E-state index in [0.29, 0.717) is 22.7 Å². The standard InChI is InChI=1S/C18H14ClN3O4/c1-11-6-7-12(9-16(11)22(23)24)8-15(19)18-20-17(21-26-18)13-4-3-5-14(10-13)25-2/h3-10H,1-2H3/b15-8-. The Morgan fingerprint density at radius 2 is 2.12 bits per heavy atom. The molecule has 0 atom stereocenters. The van der Waals surface area contributed by atoms with Gasteiger partial charge in [0.05, 0.1) is 12.0 Å². The molecule has 0 saturated carbocycles. The van der Waals surface area contributed by atoms with E-state index in [2.05, 4.69) is 10.1 Å². The van der Waals surface area contributed by atoms with E-state index in [1.54, 1.807) is 32.2 Å². The summed E-state index contributed by atoms with van der Waals surface area (Å²) >= 11 is 6.24. The summed E-state index contributed by atoms with van der Waals surface area (Å²) in [6.45, 7) is 1.67. The average Bonchev–Trinajstić information content (AvgIpc) is 3.13. The van der Waals surface area contributed by atoms with Crippen molar-refractivity contribution < 1.29 is 14.2 Å². The smallest absolute Gasteiger partial charge is 0.272 e. The Morgan fingerprint density at radius 1 is 1.31 bits per heavy atom. The van der Waals surface area contributed by atoms with Crippen LogP contribution in [0.2, 0.25) is 0 Å². The fourth-order valence-electron chi connectivity index (χ4n) is 2.32. The first-order valence-electron chi connectivity index (χ1n) is 7.58. The normalized spacial score (nSPS) is 11.4. The lowest BCUT2D eigenvalue weighted by Gasteiger charge is -2.00. The van der Waals surface area contributed by atoms with Crippen LogP contribution < -0.4 is 4.74 Å². The number of hydrogen-bond acceptors (Lipinski definition) is 6. The monoisotopic (exact) mass is 371 g/mol. The Bertz CT molecular complexity index is 998. The van der Waals surface area contributed by atoms with Crippen LogP contribution in [0.1, 0.15) is 17.0 Å². The van der Waals surface area contributed by atoms with Gasteiger partial charge in [-0.25, -0.2) is 0 Å². The first-order valence-corrected chi connectivity index (χ1v) is 7.96. The topological polar surface area (TPSA) is 91.3 Å². The quantitative estimate of drug-likeness (QED) is 0.477. The highest BCUT2D eigenvalue weighted by molar-refractivity contribution is 6.50. The highest BCUT2D eigenvalue weighted by Crippen LogP contribution is 2.27. The first-order chi connectivity index (χ1) is 12.5. The van der Waals surface area contributed by atoms with Crippen molar-refractivity contribution in [3.8, 4) is 17.1 Å². The van der Waals surface area contributed by atoms with Gasteiger partial charge in [-0.1, -0.05) is 41.0 Å². The molecule has 2 aromatic carbocycles. The van der Waals surface area contributed by atoms with Crippen molar-refractivity contribution >= 4 is 28.4 Å². The number of aryl methyl sites for hydroxylation is 1. The zero-order valence-corrected chi connectivity index (χ0v) is 14.7. The van der Waals surface area contributed by atoms with Crippen LogP contribution >= 0.6 is 11.6 Å². The third-order valence-corrected chi connectivity index (χ3v) is 3.95. The molecule has 8 heteroatoms. The molecule has 3 aromatic rings. The SMILES string of the molecule is COc1cccc(-c2noc(/C(Cl)=C/c3ccc(C)c([N+](=O)[O-])c3)n2)c1. The van der Waals surface area contributed by atoms with Gasteiger partial charge in [0.15, 0.2) is 0 Å². The van der Waals surface area contributed by atoms with E-state index in [9.17, 15) is 10.1 Å². The molecule has 0 aliphatic heterocycles. The third kappa shape index (κ3) is 3.73. The maximum absolute atomic E-state index is 11.0. The second-order valence-electron chi connectivity index (χ2n) is 5.45. The lowest BCUT2D eigenvalue weighted by atomic mass is 10.1. The molecule has 1 heterocycles. The minimum atomic E-state index is -0.436. The van der Waals surface area contributed by atoms with Crippen molar-refractivity contribution in [2.24, 2.45) is 0 Å². The summed E-state index contributed by atoms with van der Waals surface area (Å²) in [4.78, 5) is 14.9. The zero-order valence-electron chi connectivity index (χ0n) is 14.0. The van der Waals surface area contributed by atoms with Crippen molar-refractivity contribution in [3.63, 3.8) is 0 Å². The average molecular weight is 372 g/mol. The summed E-state index contributed by atoms with van der Waals surface area (Å²) < 4.78 is 10.4. The number of nitro groups is 1.